The Hall–Kier alpha value is -11.4. The first kappa shape index (κ1) is 110. The van der Waals surface area contributed by atoms with Crippen molar-refractivity contribution < 1.29 is 15.1 Å². The molecule has 0 aliphatic heterocycles. The maximum absolute atomic E-state index is 10.3. The van der Waals surface area contributed by atoms with Gasteiger partial charge in [0.05, 0.1) is 70.5 Å². The van der Waals surface area contributed by atoms with E-state index in [4.69, 9.17) is 78.1 Å². The number of hydrogen-bond acceptors (Lipinski definition) is 6. The zero-order chi connectivity index (χ0) is 84.0. The van der Waals surface area contributed by atoms with Crippen molar-refractivity contribution >= 4 is 102 Å². The van der Waals surface area contributed by atoms with Gasteiger partial charge < -0.3 is 85.2 Å². The Labute approximate surface area is 635 Å². The number of terminal acetylenes is 2. The van der Waals surface area contributed by atoms with E-state index in [2.05, 4.69) is 67.7 Å². The minimum atomic E-state index is -1.50. The zero-order valence-electron chi connectivity index (χ0n) is 68.7. The van der Waals surface area contributed by atoms with E-state index in [0.29, 0.717) is 68.8 Å². The van der Waals surface area contributed by atoms with Crippen LogP contribution in [-0.2, 0) is 63.4 Å². The van der Waals surface area contributed by atoms with Crippen molar-refractivity contribution in [2.45, 2.75) is 152 Å². The first-order chi connectivity index (χ1) is 50.5. The molecule has 25 heteroatoms. The topological polar surface area (TPSA) is 203 Å². The van der Waals surface area contributed by atoms with Crippen LogP contribution in [0.25, 0.3) is 29.1 Å². The van der Waals surface area contributed by atoms with E-state index < -0.39 is 14.0 Å². The van der Waals surface area contributed by atoms with Gasteiger partial charge in [0.1, 0.15) is 40.9 Å². The number of nitrogens with zero attached hydrogens (tertiary/aromatic N) is 18. The van der Waals surface area contributed by atoms with Crippen molar-refractivity contribution in [2.24, 2.45) is 63.4 Å². The molecule has 0 amide bonds. The Kier molecular flexibility index (Phi) is 68.8. The average Bonchev–Trinajstić information content (AvgIpc) is 1.67. The van der Waals surface area contributed by atoms with E-state index in [-0.39, 0.29) is 13.4 Å². The molecule has 0 bridgehead atoms. The van der Waals surface area contributed by atoms with Gasteiger partial charge in [0, 0.05) is 26.7 Å². The molecule has 105 heavy (non-hydrogen) atoms. The fourth-order valence-corrected chi connectivity index (χ4v) is 8.86. The van der Waals surface area contributed by atoms with Gasteiger partial charge in [-0.05, 0) is 134 Å². The van der Waals surface area contributed by atoms with Crippen LogP contribution >= 0.6 is 0 Å². The van der Waals surface area contributed by atoms with E-state index in [1.54, 1.807) is 60.6 Å². The summed E-state index contributed by atoms with van der Waals surface area (Å²) in [5, 5.41) is 54.6. The molecule has 9 rings (SSSR count). The number of aryl methyl sites for hydroxylation is 2. The van der Waals surface area contributed by atoms with Crippen LogP contribution in [0.1, 0.15) is 153 Å². The average molecular weight is 1420 g/mol. The van der Waals surface area contributed by atoms with E-state index in [9.17, 15) is 5.02 Å². The first-order valence-corrected chi connectivity index (χ1v) is 34.9. The fourth-order valence-electron chi connectivity index (χ4n) is 8.86. The van der Waals surface area contributed by atoms with Crippen LogP contribution in [0, 0.1) is 113 Å². The van der Waals surface area contributed by atoms with Crippen LogP contribution in [0.5, 0.6) is 0 Å². The van der Waals surface area contributed by atoms with Crippen LogP contribution in [0.4, 0.5) is 34.9 Å². The van der Waals surface area contributed by atoms with E-state index >= 15 is 0 Å². The van der Waals surface area contributed by atoms with Crippen LogP contribution in [-0.4, -0.2) is 83.6 Å². The third-order valence-electron chi connectivity index (χ3n) is 14.3. The largest absolute Gasteiger partial charge is 0.529 e. The van der Waals surface area contributed by atoms with E-state index in [1.807, 2.05) is 287 Å². The van der Waals surface area contributed by atoms with Gasteiger partial charge in [-0.25, -0.2) is 0 Å². The van der Waals surface area contributed by atoms with Crippen LogP contribution in [0.2, 0.25) is 13.6 Å². The molecule has 9 heterocycles. The molecule has 21 nitrogen and oxygen atoms in total. The summed E-state index contributed by atoms with van der Waals surface area (Å²) in [6, 6.07) is 38.9. The molecule has 0 aliphatic carbocycles. The van der Waals surface area contributed by atoms with Gasteiger partial charge in [-0.2, -0.15) is 15.8 Å². The minimum absolute atomic E-state index is 0.151. The number of aromatic nitrogens is 9. The van der Waals surface area contributed by atoms with Crippen LogP contribution in [0.3, 0.4) is 0 Å². The molecule has 0 radical (unpaired) electrons. The van der Waals surface area contributed by atoms with Gasteiger partial charge in [-0.15, -0.1) is 0 Å². The Morgan fingerprint density at radius 1 is 0.295 bits per heavy atom. The second-order valence-corrected chi connectivity index (χ2v) is 18.8. The molecule has 0 saturated heterocycles. The third-order valence-corrected chi connectivity index (χ3v) is 14.3. The summed E-state index contributed by atoms with van der Waals surface area (Å²) in [4.78, 5) is 20.1. The fraction of sp³-hybridized carbons (Fsp3) is 0.388. The summed E-state index contributed by atoms with van der Waals surface area (Å²) in [7, 11) is 14.9. The molecule has 0 aromatic carbocycles. The number of nitriles is 3. The molecule has 0 saturated carbocycles. The van der Waals surface area contributed by atoms with Gasteiger partial charge in [0.2, 0.25) is 34.9 Å². The monoisotopic (exact) mass is 1420 g/mol. The maximum atomic E-state index is 10.3. The molecule has 9 aromatic heterocycles. The number of rotatable bonds is 7. The van der Waals surface area contributed by atoms with E-state index in [0.717, 1.165) is 33.8 Å². The van der Waals surface area contributed by atoms with Crippen LogP contribution < -0.4 is 39.2 Å². The summed E-state index contributed by atoms with van der Waals surface area (Å²) < 4.78 is 16.1. The number of hydrogen-bond donors (Lipinski definition) is 3. The first-order valence-electron chi connectivity index (χ1n) is 34.9. The van der Waals surface area contributed by atoms with Gasteiger partial charge in [0.15, 0.2) is 0 Å². The van der Waals surface area contributed by atoms with Gasteiger partial charge in [-0.3, -0.25) is 0 Å². The van der Waals surface area contributed by atoms with Crippen molar-refractivity contribution in [1.29, 1.82) is 15.8 Å². The second kappa shape index (κ2) is 65.9. The molecule has 9 aromatic rings. The van der Waals surface area contributed by atoms with Gasteiger partial charge in [-0.1, -0.05) is 178 Å². The molecule has 0 aliphatic rings. The summed E-state index contributed by atoms with van der Waals surface area (Å²) in [6.07, 6.45) is 18.0. The van der Waals surface area contributed by atoms with Crippen molar-refractivity contribution in [2.75, 3.05) is 0 Å². The summed E-state index contributed by atoms with van der Waals surface area (Å²) >= 11 is 0. The predicted molar refractivity (Wildman–Crippen MR) is 447 cm³/mol. The molecule has 0 fully saturated rings. The van der Waals surface area contributed by atoms with Gasteiger partial charge in [0.25, 0.3) is 13.4 Å². The normalized spacial score (nSPS) is 8.18. The van der Waals surface area contributed by atoms with Crippen LogP contribution in [0.15, 0.2) is 109 Å². The zero-order valence-corrected chi connectivity index (χ0v) is 68.7. The predicted octanol–water partition coefficient (Wildman–Crippen LogP) is 14.6. The Balaban J connectivity index is -0.000000172. The molecular formula is C80H116B4N18O3+2. The molecule has 0 atom stereocenters. The third kappa shape index (κ3) is 33.1. The molecular weight excluding hydrogens is 1300 g/mol. The summed E-state index contributed by atoms with van der Waals surface area (Å²) in [6.45, 7) is 84.8. The van der Waals surface area contributed by atoms with Crippen molar-refractivity contribution in [1.82, 2.24) is 41.1 Å². The Bertz CT molecular complexity index is 3740. The summed E-state index contributed by atoms with van der Waals surface area (Å²) in [5.41, 5.74) is 9.93. The van der Waals surface area contributed by atoms with Gasteiger partial charge >= 0.3 is 39.7 Å². The SMILES string of the molecule is CC.CC.CC.CC.CC.CC.CC.CC.CC.[C+]#C.[C+]#C.[C-]#[N+]c1ccc(B(C)c2ccc(C#N)n2C)n1C.[C-]#[N+]c1ccc(B(C)c2ccc(C#N)n2C)n1C.[C-]#[N+]c1ccc(B(O)O)n1C.[C-]#[N+]c1ccc(B(O)c2ccc(C#N)n2C)n1C.[C-]#[N+]c1ccc(C)n1C.[C-]#[N+]c1ccc(C)n1C. The van der Waals surface area contributed by atoms with E-state index in [1.165, 1.54) is 10.6 Å². The summed E-state index contributed by atoms with van der Waals surface area (Å²) in [5.74, 6) is 3.53. The standard InChI is InChI=1S/2C13H13BN4.C12H11BN4O.2C7H8N2.C6H7BN2O2.9C2H6.2C2H/c2*1-14(11-6-5-10(9-15)17(11)3)12-7-8-13(16-2)18(12)4;1-15-12-7-6-11(17(12)3)13(18)10-5-4-9(8-14)16(10)2;2*1-6-4-5-7(8-2)9(6)3;1-8-6-4-3-5(7(10)11)9(6)2;11*1-2/h2*5-8H,1,3-4H3;4-7,18H,2-3H3;2*4-5H,1,3H3;3-4,10-11H,2H3;9*1-2H3;2*1H/q;;;;;;;;;;;;;;;2*+1. The molecule has 554 valence electrons. The minimum Gasteiger partial charge on any atom is -0.439 e. The Morgan fingerprint density at radius 3 is 0.657 bits per heavy atom. The molecule has 0 spiro atoms. The van der Waals surface area contributed by atoms with Crippen molar-refractivity contribution in [3.8, 4) is 31.1 Å². The quantitative estimate of drug-likeness (QED) is 0.0804. The molecule has 0 unspecified atom stereocenters. The smallest absolute Gasteiger partial charge is 0.439 e. The maximum Gasteiger partial charge on any atom is 0.529 e. The Morgan fingerprint density at radius 2 is 0.467 bits per heavy atom. The van der Waals surface area contributed by atoms with Crippen molar-refractivity contribution in [3.63, 3.8) is 0 Å². The van der Waals surface area contributed by atoms with Crippen molar-refractivity contribution in [3.05, 3.63) is 219 Å². The molecule has 3 N–H and O–H groups in total. The second-order valence-electron chi connectivity index (χ2n) is 18.8.